The van der Waals surface area contributed by atoms with Crippen LogP contribution in [0.3, 0.4) is 0 Å². The Labute approximate surface area is 104 Å². The van der Waals surface area contributed by atoms with Gasteiger partial charge in [0.25, 0.3) is 5.91 Å². The number of benzene rings is 1. The minimum absolute atomic E-state index is 0.375. The van der Waals surface area contributed by atoms with Gasteiger partial charge in [-0.05, 0) is 19.9 Å². The summed E-state index contributed by atoms with van der Waals surface area (Å²) in [5.74, 6) is -1.43. The molecular weight excluding hydrogens is 232 g/mol. The zero-order valence-corrected chi connectivity index (χ0v) is 10.2. The maximum atomic E-state index is 12.1. The van der Waals surface area contributed by atoms with E-state index in [-0.39, 0.29) is 5.91 Å². The number of amides is 1. The highest BCUT2D eigenvalue weighted by molar-refractivity contribution is 6.08. The summed E-state index contributed by atoms with van der Waals surface area (Å²) in [6, 6.07) is 6.51. The normalized spacial score (nSPS) is 12.3. The van der Waals surface area contributed by atoms with Gasteiger partial charge in [-0.1, -0.05) is 18.2 Å². The first-order valence-corrected chi connectivity index (χ1v) is 5.61. The van der Waals surface area contributed by atoms with E-state index in [4.69, 9.17) is 5.11 Å². The molecule has 1 atom stereocenters. The van der Waals surface area contributed by atoms with Crippen LogP contribution in [-0.4, -0.2) is 28.0 Å². The number of hydrogen-bond donors (Lipinski definition) is 3. The van der Waals surface area contributed by atoms with Gasteiger partial charge in [-0.15, -0.1) is 0 Å². The Morgan fingerprint density at radius 3 is 2.67 bits per heavy atom. The summed E-state index contributed by atoms with van der Waals surface area (Å²) < 4.78 is 0. The fourth-order valence-corrected chi connectivity index (χ4v) is 1.90. The van der Waals surface area contributed by atoms with E-state index < -0.39 is 12.0 Å². The van der Waals surface area contributed by atoms with Crippen molar-refractivity contribution in [3.8, 4) is 0 Å². The fourth-order valence-electron chi connectivity index (χ4n) is 1.90. The van der Waals surface area contributed by atoms with Crippen molar-refractivity contribution in [2.24, 2.45) is 0 Å². The lowest BCUT2D eigenvalue weighted by Gasteiger charge is -2.09. The SMILES string of the molecule is Cc1[nH]c2ccccc2c1C(=O)N[C@@H](C)C(=O)O. The monoisotopic (exact) mass is 246 g/mol. The molecule has 94 valence electrons. The lowest BCUT2D eigenvalue weighted by molar-refractivity contribution is -0.138. The Bertz CT molecular complexity index is 616. The molecule has 3 N–H and O–H groups in total. The van der Waals surface area contributed by atoms with Crippen LogP contribution in [0.25, 0.3) is 10.9 Å². The molecule has 18 heavy (non-hydrogen) atoms. The molecule has 5 heteroatoms. The van der Waals surface area contributed by atoms with Crippen molar-refractivity contribution < 1.29 is 14.7 Å². The Kier molecular flexibility index (Phi) is 3.06. The molecule has 0 saturated carbocycles. The number of aromatic amines is 1. The van der Waals surface area contributed by atoms with Gasteiger partial charge in [0.05, 0.1) is 5.56 Å². The zero-order valence-electron chi connectivity index (χ0n) is 10.2. The molecule has 2 aromatic rings. The number of para-hydroxylation sites is 1. The van der Waals surface area contributed by atoms with E-state index >= 15 is 0 Å². The Morgan fingerprint density at radius 2 is 2.00 bits per heavy atom. The van der Waals surface area contributed by atoms with Crippen molar-refractivity contribution in [2.75, 3.05) is 0 Å². The van der Waals surface area contributed by atoms with Crippen LogP contribution in [0.2, 0.25) is 0 Å². The molecule has 0 spiro atoms. The molecule has 1 aromatic carbocycles. The van der Waals surface area contributed by atoms with E-state index in [2.05, 4.69) is 10.3 Å². The van der Waals surface area contributed by atoms with Crippen LogP contribution in [-0.2, 0) is 4.79 Å². The van der Waals surface area contributed by atoms with Crippen molar-refractivity contribution >= 4 is 22.8 Å². The highest BCUT2D eigenvalue weighted by atomic mass is 16.4. The van der Waals surface area contributed by atoms with Crippen LogP contribution in [0.15, 0.2) is 24.3 Å². The van der Waals surface area contributed by atoms with Crippen molar-refractivity contribution in [1.29, 1.82) is 0 Å². The number of hydrogen-bond acceptors (Lipinski definition) is 2. The topological polar surface area (TPSA) is 82.2 Å². The summed E-state index contributed by atoms with van der Waals surface area (Å²) in [5.41, 5.74) is 2.09. The van der Waals surface area contributed by atoms with Gasteiger partial charge < -0.3 is 15.4 Å². The van der Waals surface area contributed by atoms with Gasteiger partial charge in [-0.3, -0.25) is 9.59 Å². The number of aryl methyl sites for hydroxylation is 1. The fraction of sp³-hybridized carbons (Fsp3) is 0.231. The molecule has 0 unspecified atom stereocenters. The summed E-state index contributed by atoms with van der Waals surface area (Å²) in [5, 5.41) is 12.0. The summed E-state index contributed by atoms with van der Waals surface area (Å²) in [7, 11) is 0. The van der Waals surface area contributed by atoms with Crippen molar-refractivity contribution in [3.63, 3.8) is 0 Å². The van der Waals surface area contributed by atoms with Gasteiger partial charge in [-0.25, -0.2) is 0 Å². The first kappa shape index (κ1) is 12.2. The molecule has 2 rings (SSSR count). The van der Waals surface area contributed by atoms with Crippen LogP contribution in [0, 0.1) is 6.92 Å². The second-order valence-corrected chi connectivity index (χ2v) is 4.20. The lowest BCUT2D eigenvalue weighted by Crippen LogP contribution is -2.38. The molecule has 0 fully saturated rings. The van der Waals surface area contributed by atoms with E-state index in [1.807, 2.05) is 24.3 Å². The second-order valence-electron chi connectivity index (χ2n) is 4.20. The summed E-state index contributed by atoms with van der Waals surface area (Å²) in [6.07, 6.45) is 0. The minimum atomic E-state index is -1.05. The number of carbonyl (C=O) groups is 2. The third-order valence-corrected chi connectivity index (χ3v) is 2.84. The van der Waals surface area contributed by atoms with Gasteiger partial charge in [0, 0.05) is 16.6 Å². The molecule has 1 aromatic heterocycles. The van der Waals surface area contributed by atoms with Crippen LogP contribution in [0.4, 0.5) is 0 Å². The first-order valence-electron chi connectivity index (χ1n) is 5.61. The molecule has 0 radical (unpaired) electrons. The number of carboxylic acids is 1. The van der Waals surface area contributed by atoms with Crippen LogP contribution >= 0.6 is 0 Å². The lowest BCUT2D eigenvalue weighted by atomic mass is 10.1. The standard InChI is InChI=1S/C13H14N2O3/c1-7-11(12(16)15-8(2)13(17)18)9-5-3-4-6-10(9)14-7/h3-6,8,14H,1-2H3,(H,15,16)(H,17,18)/t8-/m0/s1. The second kappa shape index (κ2) is 4.52. The van der Waals surface area contributed by atoms with Gasteiger partial charge >= 0.3 is 5.97 Å². The van der Waals surface area contributed by atoms with E-state index in [0.29, 0.717) is 5.56 Å². The van der Waals surface area contributed by atoms with Crippen molar-refractivity contribution in [2.45, 2.75) is 19.9 Å². The third kappa shape index (κ3) is 2.07. The Balaban J connectivity index is 2.39. The predicted molar refractivity (Wildman–Crippen MR) is 67.6 cm³/mol. The average molecular weight is 246 g/mol. The van der Waals surface area contributed by atoms with Crippen LogP contribution in [0.5, 0.6) is 0 Å². The van der Waals surface area contributed by atoms with Crippen LogP contribution < -0.4 is 5.32 Å². The molecule has 0 aliphatic rings. The number of carboxylic acid groups (broad SMARTS) is 1. The molecule has 0 saturated heterocycles. The highest BCUT2D eigenvalue weighted by Gasteiger charge is 2.19. The molecule has 0 aliphatic carbocycles. The molecule has 1 heterocycles. The number of H-pyrrole nitrogens is 1. The number of rotatable bonds is 3. The van der Waals surface area contributed by atoms with E-state index in [1.54, 1.807) is 6.92 Å². The number of nitrogens with one attached hydrogen (secondary N) is 2. The van der Waals surface area contributed by atoms with Gasteiger partial charge in [0.15, 0.2) is 0 Å². The largest absolute Gasteiger partial charge is 0.480 e. The summed E-state index contributed by atoms with van der Waals surface area (Å²) >= 11 is 0. The zero-order chi connectivity index (χ0) is 13.3. The number of fused-ring (bicyclic) bond motifs is 1. The van der Waals surface area contributed by atoms with Crippen LogP contribution in [0.1, 0.15) is 23.0 Å². The van der Waals surface area contributed by atoms with Crippen molar-refractivity contribution in [1.82, 2.24) is 10.3 Å². The van der Waals surface area contributed by atoms with E-state index in [0.717, 1.165) is 16.6 Å². The molecule has 0 bridgehead atoms. The maximum Gasteiger partial charge on any atom is 0.325 e. The smallest absolute Gasteiger partial charge is 0.325 e. The summed E-state index contributed by atoms with van der Waals surface area (Å²) in [6.45, 7) is 3.23. The minimum Gasteiger partial charge on any atom is -0.480 e. The quantitative estimate of drug-likeness (QED) is 0.770. The number of aromatic nitrogens is 1. The van der Waals surface area contributed by atoms with E-state index in [1.165, 1.54) is 6.92 Å². The Hall–Kier alpha value is -2.30. The molecule has 5 nitrogen and oxygen atoms in total. The number of carbonyl (C=O) groups excluding carboxylic acids is 1. The molecule has 0 aliphatic heterocycles. The first-order chi connectivity index (χ1) is 8.50. The number of aliphatic carboxylic acids is 1. The third-order valence-electron chi connectivity index (χ3n) is 2.84. The summed E-state index contributed by atoms with van der Waals surface area (Å²) in [4.78, 5) is 25.9. The molecule has 1 amide bonds. The molecular formula is C13H14N2O3. The highest BCUT2D eigenvalue weighted by Crippen LogP contribution is 2.21. The average Bonchev–Trinajstić information content (AvgIpc) is 2.64. The predicted octanol–water partition coefficient (Wildman–Crippen LogP) is 1.68. The maximum absolute atomic E-state index is 12.1. The van der Waals surface area contributed by atoms with Gasteiger partial charge in [-0.2, -0.15) is 0 Å². The Morgan fingerprint density at radius 1 is 1.33 bits per heavy atom. The van der Waals surface area contributed by atoms with Crippen molar-refractivity contribution in [3.05, 3.63) is 35.5 Å². The van der Waals surface area contributed by atoms with E-state index in [9.17, 15) is 9.59 Å². The van der Waals surface area contributed by atoms with Gasteiger partial charge in [0.1, 0.15) is 6.04 Å². The van der Waals surface area contributed by atoms with Gasteiger partial charge in [0.2, 0.25) is 0 Å².